The van der Waals surface area contributed by atoms with Crippen LogP contribution in [0.25, 0.3) is 0 Å². The third kappa shape index (κ3) is 5.20. The largest absolute Gasteiger partial charge is 0.491 e. The van der Waals surface area contributed by atoms with Crippen LogP contribution in [-0.2, 0) is 11.0 Å². The quantitative estimate of drug-likeness (QED) is 0.710. The van der Waals surface area contributed by atoms with Crippen molar-refractivity contribution in [1.82, 2.24) is 4.90 Å². The molecule has 0 spiro atoms. The van der Waals surface area contributed by atoms with Crippen molar-refractivity contribution in [3.8, 4) is 5.75 Å². The fourth-order valence-corrected chi connectivity index (χ4v) is 4.04. The summed E-state index contributed by atoms with van der Waals surface area (Å²) in [6.07, 6.45) is -2.85. The average Bonchev–Trinajstić information content (AvgIpc) is 3.12. The van der Waals surface area contributed by atoms with Crippen molar-refractivity contribution in [2.45, 2.75) is 34.9 Å². The van der Waals surface area contributed by atoms with Crippen molar-refractivity contribution in [2.24, 2.45) is 0 Å². The van der Waals surface area contributed by atoms with Crippen molar-refractivity contribution in [1.29, 1.82) is 0 Å². The molecule has 0 amide bonds. The second-order valence-electron chi connectivity index (χ2n) is 6.45. The Morgan fingerprint density at radius 2 is 1.89 bits per heavy atom. The van der Waals surface area contributed by atoms with E-state index in [0.29, 0.717) is 30.2 Å². The first-order valence-corrected chi connectivity index (χ1v) is 9.70. The maximum atomic E-state index is 12.7. The molecule has 0 aliphatic carbocycles. The van der Waals surface area contributed by atoms with Gasteiger partial charge in [-0.1, -0.05) is 23.9 Å². The van der Waals surface area contributed by atoms with Crippen LogP contribution in [0.15, 0.2) is 58.3 Å². The van der Waals surface area contributed by atoms with Crippen molar-refractivity contribution in [3.05, 3.63) is 54.1 Å². The number of hydrogen-bond donors (Lipinski definition) is 1. The number of benzene rings is 2. The van der Waals surface area contributed by atoms with Crippen LogP contribution in [0.1, 0.15) is 18.4 Å². The van der Waals surface area contributed by atoms with Crippen molar-refractivity contribution in [2.75, 3.05) is 19.7 Å². The first-order chi connectivity index (χ1) is 13.3. The van der Waals surface area contributed by atoms with Crippen LogP contribution in [-0.4, -0.2) is 41.7 Å². The van der Waals surface area contributed by atoms with Crippen molar-refractivity contribution < 1.29 is 27.8 Å². The number of halogens is 3. The number of nitrogens with zero attached hydrogens (tertiary/aromatic N) is 1. The molecule has 1 saturated heterocycles. The van der Waals surface area contributed by atoms with Gasteiger partial charge in [0.1, 0.15) is 18.4 Å². The van der Waals surface area contributed by atoms with Gasteiger partial charge in [0, 0.05) is 11.4 Å². The molecule has 0 radical (unpaired) electrons. The molecule has 1 fully saturated rings. The number of carbonyl (C=O) groups is 1. The lowest BCUT2D eigenvalue weighted by Crippen LogP contribution is -2.38. The Kier molecular flexibility index (Phi) is 6.51. The van der Waals surface area contributed by atoms with E-state index in [4.69, 9.17) is 4.74 Å². The van der Waals surface area contributed by atoms with Gasteiger partial charge in [0.15, 0.2) is 0 Å². The van der Waals surface area contributed by atoms with Gasteiger partial charge in [-0.2, -0.15) is 13.2 Å². The number of rotatable bonds is 7. The maximum Gasteiger partial charge on any atom is 0.416 e. The summed E-state index contributed by atoms with van der Waals surface area (Å²) >= 11 is 1.32. The van der Waals surface area contributed by atoms with Gasteiger partial charge in [-0.05, 0) is 55.8 Å². The lowest BCUT2D eigenvalue weighted by atomic mass is 10.2. The average molecular weight is 411 g/mol. The Balaban J connectivity index is 1.61. The fraction of sp³-hybridized carbons (Fsp3) is 0.350. The van der Waals surface area contributed by atoms with Gasteiger partial charge in [0.05, 0.1) is 10.5 Å². The second-order valence-corrected chi connectivity index (χ2v) is 7.57. The van der Waals surface area contributed by atoms with Crippen LogP contribution in [0, 0.1) is 0 Å². The van der Waals surface area contributed by atoms with E-state index in [2.05, 4.69) is 0 Å². The van der Waals surface area contributed by atoms with E-state index in [1.807, 2.05) is 23.1 Å². The summed E-state index contributed by atoms with van der Waals surface area (Å²) in [5.41, 5.74) is -0.681. The fourth-order valence-electron chi connectivity index (χ4n) is 3.14. The summed E-state index contributed by atoms with van der Waals surface area (Å²) in [5.74, 6) is -0.186. The zero-order valence-corrected chi connectivity index (χ0v) is 15.8. The first-order valence-electron chi connectivity index (χ1n) is 8.88. The molecule has 28 heavy (non-hydrogen) atoms. The number of alkyl halides is 3. The first kappa shape index (κ1) is 20.5. The van der Waals surface area contributed by atoms with Gasteiger partial charge < -0.3 is 9.84 Å². The molecule has 0 saturated carbocycles. The molecular weight excluding hydrogens is 391 g/mol. The molecule has 4 nitrogen and oxygen atoms in total. The molecule has 1 aliphatic rings. The lowest BCUT2D eigenvalue weighted by molar-refractivity contribution is -0.142. The summed E-state index contributed by atoms with van der Waals surface area (Å²) in [5, 5.41) is 9.22. The summed E-state index contributed by atoms with van der Waals surface area (Å²) in [6.45, 7) is 1.59. The van der Waals surface area contributed by atoms with Crippen LogP contribution in [0.3, 0.4) is 0 Å². The normalized spacial score (nSPS) is 17.6. The predicted octanol–water partition coefficient (Wildman–Crippen LogP) is 4.78. The number of ether oxygens (including phenoxy) is 1. The molecule has 150 valence electrons. The van der Waals surface area contributed by atoms with E-state index in [1.54, 1.807) is 6.07 Å². The zero-order valence-electron chi connectivity index (χ0n) is 15.0. The minimum atomic E-state index is -4.35. The van der Waals surface area contributed by atoms with E-state index in [0.717, 1.165) is 30.0 Å². The maximum absolute atomic E-state index is 12.7. The van der Waals surface area contributed by atoms with Crippen molar-refractivity contribution >= 4 is 17.7 Å². The molecule has 1 heterocycles. The Hall–Kier alpha value is -2.19. The lowest BCUT2D eigenvalue weighted by Gasteiger charge is -2.21. The summed E-state index contributed by atoms with van der Waals surface area (Å²) in [6, 6.07) is 11.8. The van der Waals surface area contributed by atoms with Gasteiger partial charge in [-0.15, -0.1) is 0 Å². The van der Waals surface area contributed by atoms with Gasteiger partial charge >= 0.3 is 12.1 Å². The third-order valence-electron chi connectivity index (χ3n) is 4.54. The highest BCUT2D eigenvalue weighted by Crippen LogP contribution is 2.36. The molecule has 2 aromatic rings. The number of hydrogen-bond acceptors (Lipinski definition) is 4. The van der Waals surface area contributed by atoms with E-state index < -0.39 is 23.8 Å². The molecule has 0 aromatic heterocycles. The smallest absolute Gasteiger partial charge is 0.416 e. The molecule has 1 N–H and O–H groups in total. The van der Waals surface area contributed by atoms with Crippen LogP contribution >= 0.6 is 11.8 Å². The minimum absolute atomic E-state index is 0.342. The van der Waals surface area contributed by atoms with Gasteiger partial charge in [-0.3, -0.25) is 9.69 Å². The second kappa shape index (κ2) is 8.87. The van der Waals surface area contributed by atoms with Crippen LogP contribution in [0.4, 0.5) is 13.2 Å². The van der Waals surface area contributed by atoms with Gasteiger partial charge in [-0.25, -0.2) is 0 Å². The Labute approximate surface area is 165 Å². The van der Waals surface area contributed by atoms with E-state index >= 15 is 0 Å². The molecule has 1 aliphatic heterocycles. The molecule has 1 atom stereocenters. The molecule has 0 bridgehead atoms. The van der Waals surface area contributed by atoms with Crippen molar-refractivity contribution in [3.63, 3.8) is 0 Å². The molecule has 8 heteroatoms. The molecule has 1 unspecified atom stereocenters. The number of carboxylic acid groups (broad SMARTS) is 1. The highest BCUT2D eigenvalue weighted by atomic mass is 32.2. The highest BCUT2D eigenvalue weighted by molar-refractivity contribution is 7.99. The number of likely N-dealkylation sites (tertiary alicyclic amines) is 1. The summed E-state index contributed by atoms with van der Waals surface area (Å²) in [4.78, 5) is 14.6. The van der Waals surface area contributed by atoms with Gasteiger partial charge in [0.25, 0.3) is 0 Å². The molecular formula is C20H20F3NO3S. The number of aliphatic carboxylic acids is 1. The molecule has 2 aromatic carbocycles. The zero-order chi connectivity index (χ0) is 20.1. The Morgan fingerprint density at radius 3 is 2.57 bits per heavy atom. The Bertz CT molecular complexity index is 811. The Morgan fingerprint density at radius 1 is 1.18 bits per heavy atom. The summed E-state index contributed by atoms with van der Waals surface area (Å²) < 4.78 is 43.9. The SMILES string of the molecule is O=C(O)C1CCCN1CCOc1ccccc1Sc1ccc(C(F)(F)F)cc1. The molecule has 3 rings (SSSR count). The van der Waals surface area contributed by atoms with Crippen LogP contribution in [0.5, 0.6) is 5.75 Å². The standard InChI is InChI=1S/C20H20F3NO3S/c21-20(22,23)14-7-9-15(10-8-14)28-18-6-2-1-5-17(18)27-13-12-24-11-3-4-16(24)19(25)26/h1-2,5-10,16H,3-4,11-13H2,(H,25,26). The topological polar surface area (TPSA) is 49.8 Å². The summed E-state index contributed by atoms with van der Waals surface area (Å²) in [7, 11) is 0. The minimum Gasteiger partial charge on any atom is -0.491 e. The van der Waals surface area contributed by atoms with E-state index in [-0.39, 0.29) is 0 Å². The number of para-hydroxylation sites is 1. The predicted molar refractivity (Wildman–Crippen MR) is 99.7 cm³/mol. The highest BCUT2D eigenvalue weighted by Gasteiger charge is 2.30. The van der Waals surface area contributed by atoms with Gasteiger partial charge in [0.2, 0.25) is 0 Å². The monoisotopic (exact) mass is 411 g/mol. The number of carboxylic acids is 1. The van der Waals surface area contributed by atoms with E-state index in [1.165, 1.54) is 23.9 Å². The van der Waals surface area contributed by atoms with E-state index in [9.17, 15) is 23.1 Å². The third-order valence-corrected chi connectivity index (χ3v) is 5.61. The van der Waals surface area contributed by atoms with Crippen LogP contribution < -0.4 is 4.74 Å². The van der Waals surface area contributed by atoms with Crippen LogP contribution in [0.2, 0.25) is 0 Å².